The van der Waals surface area contributed by atoms with Gasteiger partial charge in [0, 0.05) is 13.1 Å². The van der Waals surface area contributed by atoms with E-state index in [-0.39, 0.29) is 0 Å². The van der Waals surface area contributed by atoms with Crippen molar-refractivity contribution < 1.29 is 0 Å². The lowest BCUT2D eigenvalue weighted by atomic mass is 9.93. The Balaban J connectivity index is 1.96. The Bertz CT molecular complexity index is 422. The van der Waals surface area contributed by atoms with Gasteiger partial charge in [-0.05, 0) is 51.5 Å². The van der Waals surface area contributed by atoms with Gasteiger partial charge in [0.05, 0.1) is 16.4 Å². The number of nitrogens with zero attached hydrogens (tertiary/aromatic N) is 2. The number of hydrogen-bond acceptors (Lipinski definition) is 2. The molecule has 1 fully saturated rings. The van der Waals surface area contributed by atoms with Gasteiger partial charge in [0.15, 0.2) is 0 Å². The first-order valence-corrected chi connectivity index (χ1v) is 8.42. The number of aromatic nitrogens is 2. The van der Waals surface area contributed by atoms with E-state index in [1.165, 1.54) is 44.2 Å². The van der Waals surface area contributed by atoms with Gasteiger partial charge in [0.25, 0.3) is 0 Å². The Morgan fingerprint density at radius 3 is 2.65 bits per heavy atom. The molecule has 1 saturated carbocycles. The van der Waals surface area contributed by atoms with Crippen LogP contribution < -0.4 is 5.32 Å². The minimum atomic E-state index is 0.642. The Morgan fingerprint density at radius 2 is 2.10 bits per heavy atom. The molecule has 1 aliphatic carbocycles. The van der Waals surface area contributed by atoms with E-state index in [0.717, 1.165) is 29.6 Å². The molecule has 1 aliphatic rings. The third-order valence-corrected chi connectivity index (χ3v) is 5.07. The second kappa shape index (κ2) is 7.46. The van der Waals surface area contributed by atoms with Crippen LogP contribution in [0.1, 0.15) is 56.8 Å². The summed E-state index contributed by atoms with van der Waals surface area (Å²) in [5.41, 5.74) is 2.13. The SMILES string of the molecule is CCCNC(CCc1c(Cl)c(C)nn1C)C1CCCC1. The van der Waals surface area contributed by atoms with Gasteiger partial charge < -0.3 is 5.32 Å². The van der Waals surface area contributed by atoms with Crippen LogP contribution in [-0.4, -0.2) is 22.4 Å². The van der Waals surface area contributed by atoms with E-state index in [4.69, 9.17) is 11.6 Å². The molecule has 2 rings (SSSR count). The fourth-order valence-electron chi connectivity index (χ4n) is 3.44. The van der Waals surface area contributed by atoms with E-state index < -0.39 is 0 Å². The van der Waals surface area contributed by atoms with Gasteiger partial charge in [-0.25, -0.2) is 0 Å². The molecule has 114 valence electrons. The molecule has 0 aliphatic heterocycles. The van der Waals surface area contributed by atoms with Crippen molar-refractivity contribution in [3.05, 3.63) is 16.4 Å². The lowest BCUT2D eigenvalue weighted by molar-refractivity contribution is 0.339. The Hall–Kier alpha value is -0.540. The molecular weight excluding hydrogens is 270 g/mol. The minimum absolute atomic E-state index is 0.642. The van der Waals surface area contributed by atoms with Crippen LogP contribution in [0.3, 0.4) is 0 Å². The molecule has 3 nitrogen and oxygen atoms in total. The third-order valence-electron chi connectivity index (χ3n) is 4.58. The quantitative estimate of drug-likeness (QED) is 0.828. The summed E-state index contributed by atoms with van der Waals surface area (Å²) in [6, 6.07) is 0.642. The predicted octanol–water partition coefficient (Wildman–Crippen LogP) is 3.87. The summed E-state index contributed by atoms with van der Waals surface area (Å²) in [6.07, 6.45) is 8.98. The van der Waals surface area contributed by atoms with Crippen molar-refractivity contribution in [3.8, 4) is 0 Å². The van der Waals surface area contributed by atoms with Crippen LogP contribution in [-0.2, 0) is 13.5 Å². The van der Waals surface area contributed by atoms with E-state index in [2.05, 4.69) is 17.3 Å². The largest absolute Gasteiger partial charge is 0.314 e. The molecular formula is C16H28ClN3. The molecule has 1 unspecified atom stereocenters. The van der Waals surface area contributed by atoms with E-state index >= 15 is 0 Å². The first-order chi connectivity index (χ1) is 9.63. The van der Waals surface area contributed by atoms with Crippen LogP contribution in [0.25, 0.3) is 0 Å². The van der Waals surface area contributed by atoms with Gasteiger partial charge in [0.1, 0.15) is 0 Å². The average Bonchev–Trinajstić information content (AvgIpc) is 3.02. The van der Waals surface area contributed by atoms with Crippen molar-refractivity contribution in [3.63, 3.8) is 0 Å². The molecule has 0 bridgehead atoms. The molecule has 1 N–H and O–H groups in total. The van der Waals surface area contributed by atoms with Crippen molar-refractivity contribution >= 4 is 11.6 Å². The maximum absolute atomic E-state index is 6.36. The molecule has 20 heavy (non-hydrogen) atoms. The summed E-state index contributed by atoms with van der Waals surface area (Å²) in [4.78, 5) is 0. The van der Waals surface area contributed by atoms with Crippen molar-refractivity contribution in [2.45, 2.75) is 64.8 Å². The van der Waals surface area contributed by atoms with Crippen molar-refractivity contribution in [1.29, 1.82) is 0 Å². The number of nitrogens with one attached hydrogen (secondary N) is 1. The van der Waals surface area contributed by atoms with E-state index in [9.17, 15) is 0 Å². The fourth-order valence-corrected chi connectivity index (χ4v) is 3.69. The number of aryl methyl sites for hydroxylation is 2. The van der Waals surface area contributed by atoms with Crippen LogP contribution in [0.5, 0.6) is 0 Å². The van der Waals surface area contributed by atoms with Gasteiger partial charge in [-0.15, -0.1) is 0 Å². The molecule has 0 aromatic carbocycles. The second-order valence-corrected chi connectivity index (χ2v) is 6.49. The monoisotopic (exact) mass is 297 g/mol. The maximum atomic E-state index is 6.36. The first kappa shape index (κ1) is 15.8. The highest BCUT2D eigenvalue weighted by Gasteiger charge is 2.25. The van der Waals surface area contributed by atoms with E-state index in [1.807, 2.05) is 18.7 Å². The number of rotatable bonds is 7. The summed E-state index contributed by atoms with van der Waals surface area (Å²) in [5.74, 6) is 0.856. The van der Waals surface area contributed by atoms with Gasteiger partial charge >= 0.3 is 0 Å². The average molecular weight is 298 g/mol. The number of hydrogen-bond donors (Lipinski definition) is 1. The molecule has 0 radical (unpaired) electrons. The molecule has 0 amide bonds. The molecule has 1 heterocycles. The smallest absolute Gasteiger partial charge is 0.0846 e. The van der Waals surface area contributed by atoms with E-state index in [1.54, 1.807) is 0 Å². The molecule has 0 spiro atoms. The first-order valence-electron chi connectivity index (χ1n) is 8.04. The fraction of sp³-hybridized carbons (Fsp3) is 0.812. The predicted molar refractivity (Wildman–Crippen MR) is 85.3 cm³/mol. The summed E-state index contributed by atoms with van der Waals surface area (Å²) >= 11 is 6.36. The van der Waals surface area contributed by atoms with Crippen LogP contribution in [0, 0.1) is 12.8 Å². The summed E-state index contributed by atoms with van der Waals surface area (Å²) < 4.78 is 1.95. The summed E-state index contributed by atoms with van der Waals surface area (Å²) in [5, 5.41) is 9.02. The lowest BCUT2D eigenvalue weighted by Gasteiger charge is -2.25. The normalized spacial score (nSPS) is 17.8. The highest BCUT2D eigenvalue weighted by Crippen LogP contribution is 2.30. The molecule has 1 aromatic rings. The minimum Gasteiger partial charge on any atom is -0.314 e. The van der Waals surface area contributed by atoms with Crippen LogP contribution in [0.2, 0.25) is 5.02 Å². The van der Waals surface area contributed by atoms with Crippen LogP contribution >= 0.6 is 11.6 Å². The molecule has 1 atom stereocenters. The van der Waals surface area contributed by atoms with Gasteiger partial charge in [-0.1, -0.05) is 31.4 Å². The topological polar surface area (TPSA) is 29.9 Å². The second-order valence-electron chi connectivity index (χ2n) is 6.11. The Kier molecular flexibility index (Phi) is 5.91. The van der Waals surface area contributed by atoms with Gasteiger partial charge in [-0.2, -0.15) is 5.10 Å². The third kappa shape index (κ3) is 3.76. The van der Waals surface area contributed by atoms with Crippen molar-refractivity contribution in [2.75, 3.05) is 6.54 Å². The van der Waals surface area contributed by atoms with Gasteiger partial charge in [0.2, 0.25) is 0 Å². The number of halogens is 1. The molecule has 1 aromatic heterocycles. The van der Waals surface area contributed by atoms with Crippen LogP contribution in [0.15, 0.2) is 0 Å². The summed E-state index contributed by atoms with van der Waals surface area (Å²) in [7, 11) is 2.00. The summed E-state index contributed by atoms with van der Waals surface area (Å²) in [6.45, 7) is 5.34. The zero-order valence-electron chi connectivity index (χ0n) is 13.1. The Labute approximate surface area is 128 Å². The highest BCUT2D eigenvalue weighted by molar-refractivity contribution is 6.31. The molecule has 4 heteroatoms. The highest BCUT2D eigenvalue weighted by atomic mass is 35.5. The van der Waals surface area contributed by atoms with Crippen LogP contribution in [0.4, 0.5) is 0 Å². The zero-order valence-corrected chi connectivity index (χ0v) is 13.8. The van der Waals surface area contributed by atoms with Crippen molar-refractivity contribution in [2.24, 2.45) is 13.0 Å². The Morgan fingerprint density at radius 1 is 1.40 bits per heavy atom. The van der Waals surface area contributed by atoms with Gasteiger partial charge in [-0.3, -0.25) is 4.68 Å². The standard InChI is InChI=1S/C16H28ClN3/c1-4-11-18-14(13-7-5-6-8-13)9-10-15-16(17)12(2)19-20(15)3/h13-14,18H,4-11H2,1-3H3. The molecule has 0 saturated heterocycles. The zero-order chi connectivity index (χ0) is 14.5. The lowest BCUT2D eigenvalue weighted by Crippen LogP contribution is -2.36. The van der Waals surface area contributed by atoms with Crippen molar-refractivity contribution in [1.82, 2.24) is 15.1 Å². The maximum Gasteiger partial charge on any atom is 0.0846 e. The van der Waals surface area contributed by atoms with E-state index in [0.29, 0.717) is 6.04 Å².